The number of thiophene rings is 1. The average Bonchev–Trinajstić information content (AvgIpc) is 3.05. The molecule has 2 aromatic heterocycles. The van der Waals surface area contributed by atoms with Crippen molar-refractivity contribution in [2.24, 2.45) is 0 Å². The lowest BCUT2D eigenvalue weighted by Crippen LogP contribution is -1.94. The second kappa shape index (κ2) is 5.34. The standard InChI is InChI=1S/C15H11BrN2OS/c1-10-2-4-13(5-3-10)18-7-11(8-19)15(17-18)14-6-12(16)9-20-14/h2-9H,1H3. The van der Waals surface area contributed by atoms with E-state index >= 15 is 0 Å². The highest BCUT2D eigenvalue weighted by atomic mass is 79.9. The summed E-state index contributed by atoms with van der Waals surface area (Å²) in [6, 6.07) is 10.0. The lowest BCUT2D eigenvalue weighted by molar-refractivity contribution is 0.112. The number of aryl methyl sites for hydroxylation is 1. The van der Waals surface area contributed by atoms with Gasteiger partial charge in [0.05, 0.1) is 16.1 Å². The van der Waals surface area contributed by atoms with Crippen LogP contribution in [0.1, 0.15) is 15.9 Å². The lowest BCUT2D eigenvalue weighted by atomic mass is 10.2. The minimum atomic E-state index is 0.597. The molecule has 0 N–H and O–H groups in total. The number of carbonyl (C=O) groups is 1. The highest BCUT2D eigenvalue weighted by Crippen LogP contribution is 2.31. The first-order valence-corrected chi connectivity index (χ1v) is 7.71. The monoisotopic (exact) mass is 346 g/mol. The first-order valence-electron chi connectivity index (χ1n) is 6.03. The van der Waals surface area contributed by atoms with Crippen LogP contribution in [0.4, 0.5) is 0 Å². The quantitative estimate of drug-likeness (QED) is 0.655. The summed E-state index contributed by atoms with van der Waals surface area (Å²) in [6.45, 7) is 2.04. The molecule has 0 saturated heterocycles. The number of benzene rings is 1. The van der Waals surface area contributed by atoms with Crippen LogP contribution in [0.25, 0.3) is 16.3 Å². The van der Waals surface area contributed by atoms with Crippen LogP contribution in [-0.4, -0.2) is 16.1 Å². The van der Waals surface area contributed by atoms with Crippen LogP contribution in [0.5, 0.6) is 0 Å². The summed E-state index contributed by atoms with van der Waals surface area (Å²) in [7, 11) is 0. The molecule has 100 valence electrons. The molecule has 0 aliphatic rings. The van der Waals surface area contributed by atoms with Crippen LogP contribution >= 0.6 is 27.3 Å². The van der Waals surface area contributed by atoms with E-state index in [2.05, 4.69) is 21.0 Å². The first kappa shape index (κ1) is 13.3. The van der Waals surface area contributed by atoms with Crippen molar-refractivity contribution in [3.63, 3.8) is 0 Å². The van der Waals surface area contributed by atoms with Crippen molar-refractivity contribution in [3.05, 3.63) is 57.5 Å². The molecule has 5 heteroatoms. The number of nitrogens with zero attached hydrogens (tertiary/aromatic N) is 2. The van der Waals surface area contributed by atoms with Gasteiger partial charge in [-0.2, -0.15) is 5.10 Å². The van der Waals surface area contributed by atoms with Gasteiger partial charge in [-0.25, -0.2) is 4.68 Å². The molecule has 3 rings (SSSR count). The maximum atomic E-state index is 11.2. The summed E-state index contributed by atoms with van der Waals surface area (Å²) in [5, 5.41) is 6.52. The average molecular weight is 347 g/mol. The fourth-order valence-electron chi connectivity index (χ4n) is 1.93. The fourth-order valence-corrected chi connectivity index (χ4v) is 3.37. The molecule has 0 unspecified atom stereocenters. The maximum Gasteiger partial charge on any atom is 0.153 e. The molecule has 3 aromatic rings. The zero-order valence-corrected chi connectivity index (χ0v) is 13.1. The molecule has 0 fully saturated rings. The molecule has 0 aliphatic heterocycles. The fraction of sp³-hybridized carbons (Fsp3) is 0.0667. The molecule has 2 heterocycles. The van der Waals surface area contributed by atoms with E-state index in [1.54, 1.807) is 22.2 Å². The normalized spacial score (nSPS) is 10.7. The van der Waals surface area contributed by atoms with Crippen LogP contribution < -0.4 is 0 Å². The van der Waals surface area contributed by atoms with Crippen molar-refractivity contribution in [2.45, 2.75) is 6.92 Å². The second-order valence-corrected chi connectivity index (χ2v) is 6.29. The Labute approximate surface area is 129 Å². The number of rotatable bonds is 3. The van der Waals surface area contributed by atoms with Crippen LogP contribution in [-0.2, 0) is 0 Å². The van der Waals surface area contributed by atoms with Gasteiger partial charge in [0.2, 0.25) is 0 Å². The summed E-state index contributed by atoms with van der Waals surface area (Å²) < 4.78 is 2.74. The van der Waals surface area contributed by atoms with Gasteiger partial charge < -0.3 is 0 Å². The highest BCUT2D eigenvalue weighted by Gasteiger charge is 2.13. The minimum Gasteiger partial charge on any atom is -0.298 e. The molecule has 0 amide bonds. The summed E-state index contributed by atoms with van der Waals surface area (Å²) in [5.41, 5.74) is 3.45. The zero-order valence-electron chi connectivity index (χ0n) is 10.7. The lowest BCUT2D eigenvalue weighted by Gasteiger charge is -2.01. The van der Waals surface area contributed by atoms with Crippen molar-refractivity contribution in [1.29, 1.82) is 0 Å². The predicted molar refractivity (Wildman–Crippen MR) is 84.7 cm³/mol. The third kappa shape index (κ3) is 2.46. The molecule has 20 heavy (non-hydrogen) atoms. The summed E-state index contributed by atoms with van der Waals surface area (Å²) in [4.78, 5) is 12.2. The number of aldehydes is 1. The van der Waals surface area contributed by atoms with E-state index in [4.69, 9.17) is 0 Å². The van der Waals surface area contributed by atoms with Crippen molar-refractivity contribution >= 4 is 33.6 Å². The van der Waals surface area contributed by atoms with Gasteiger partial charge in [0.1, 0.15) is 5.69 Å². The van der Waals surface area contributed by atoms with Crippen molar-refractivity contribution in [2.75, 3.05) is 0 Å². The number of aromatic nitrogens is 2. The van der Waals surface area contributed by atoms with Crippen molar-refractivity contribution in [3.8, 4) is 16.3 Å². The summed E-state index contributed by atoms with van der Waals surface area (Å²) in [6.07, 6.45) is 2.61. The second-order valence-electron chi connectivity index (χ2n) is 4.46. The Morgan fingerprint density at radius 3 is 2.65 bits per heavy atom. The predicted octanol–water partition coefficient (Wildman–Crippen LogP) is 4.48. The number of hydrogen-bond donors (Lipinski definition) is 0. The first-order chi connectivity index (χ1) is 9.67. The Balaban J connectivity index is 2.09. The van der Waals surface area contributed by atoms with Crippen molar-refractivity contribution in [1.82, 2.24) is 9.78 Å². The Hall–Kier alpha value is -1.72. The van der Waals surface area contributed by atoms with E-state index in [0.29, 0.717) is 5.56 Å². The van der Waals surface area contributed by atoms with Crippen molar-refractivity contribution < 1.29 is 4.79 Å². The molecule has 3 nitrogen and oxygen atoms in total. The third-order valence-corrected chi connectivity index (χ3v) is 4.67. The Morgan fingerprint density at radius 1 is 1.30 bits per heavy atom. The van der Waals surface area contributed by atoms with Gasteiger partial charge in [-0.3, -0.25) is 4.79 Å². The molecule has 0 atom stereocenters. The van der Waals surface area contributed by atoms with E-state index in [1.807, 2.05) is 42.6 Å². The van der Waals surface area contributed by atoms with E-state index in [0.717, 1.165) is 27.0 Å². The van der Waals surface area contributed by atoms with Crippen LogP contribution in [0.3, 0.4) is 0 Å². The van der Waals surface area contributed by atoms with Gasteiger partial charge in [0.25, 0.3) is 0 Å². The molecule has 0 bridgehead atoms. The molecule has 0 saturated carbocycles. The summed E-state index contributed by atoms with van der Waals surface area (Å²) in [5.74, 6) is 0. The molecular weight excluding hydrogens is 336 g/mol. The number of carbonyl (C=O) groups excluding carboxylic acids is 1. The molecule has 0 spiro atoms. The molecular formula is C15H11BrN2OS. The van der Waals surface area contributed by atoms with Crippen LogP contribution in [0.15, 0.2) is 46.4 Å². The largest absolute Gasteiger partial charge is 0.298 e. The summed E-state index contributed by atoms with van der Waals surface area (Å²) >= 11 is 4.98. The minimum absolute atomic E-state index is 0.597. The Morgan fingerprint density at radius 2 is 2.05 bits per heavy atom. The van der Waals surface area contributed by atoms with Gasteiger partial charge in [-0.05, 0) is 41.1 Å². The SMILES string of the molecule is Cc1ccc(-n2cc(C=O)c(-c3cc(Br)cs3)n2)cc1. The van der Waals surface area contributed by atoms with Gasteiger partial charge in [0, 0.05) is 16.0 Å². The van der Waals surface area contributed by atoms with Gasteiger partial charge in [-0.15, -0.1) is 11.3 Å². The third-order valence-electron chi connectivity index (χ3n) is 2.97. The molecule has 1 aromatic carbocycles. The molecule has 0 radical (unpaired) electrons. The topological polar surface area (TPSA) is 34.9 Å². The Bertz CT molecular complexity index is 759. The van der Waals surface area contributed by atoms with Gasteiger partial charge in [0.15, 0.2) is 6.29 Å². The number of halogens is 1. The van der Waals surface area contributed by atoms with E-state index in [1.165, 1.54) is 5.56 Å². The molecule has 0 aliphatic carbocycles. The van der Waals surface area contributed by atoms with E-state index < -0.39 is 0 Å². The van der Waals surface area contributed by atoms with Crippen LogP contribution in [0, 0.1) is 6.92 Å². The highest BCUT2D eigenvalue weighted by molar-refractivity contribution is 9.10. The number of hydrogen-bond acceptors (Lipinski definition) is 3. The van der Waals surface area contributed by atoms with Crippen LogP contribution in [0.2, 0.25) is 0 Å². The van der Waals surface area contributed by atoms with E-state index in [-0.39, 0.29) is 0 Å². The zero-order chi connectivity index (χ0) is 14.1. The van der Waals surface area contributed by atoms with E-state index in [9.17, 15) is 4.79 Å². The Kier molecular flexibility index (Phi) is 3.54. The van der Waals surface area contributed by atoms with Gasteiger partial charge >= 0.3 is 0 Å². The maximum absolute atomic E-state index is 11.2. The smallest absolute Gasteiger partial charge is 0.153 e. The van der Waals surface area contributed by atoms with Gasteiger partial charge in [-0.1, -0.05) is 17.7 Å².